The lowest BCUT2D eigenvalue weighted by Crippen LogP contribution is -2.44. The predicted molar refractivity (Wildman–Crippen MR) is 54.6 cm³/mol. The second-order valence-corrected chi connectivity index (χ2v) is 3.59. The van der Waals surface area contributed by atoms with Gasteiger partial charge in [-0.3, -0.25) is 4.79 Å². The van der Waals surface area contributed by atoms with Crippen LogP contribution in [-0.4, -0.2) is 30.2 Å². The summed E-state index contributed by atoms with van der Waals surface area (Å²) in [5.74, 6) is -0.974. The van der Waals surface area contributed by atoms with Crippen molar-refractivity contribution in [2.75, 3.05) is 7.11 Å². The Morgan fingerprint density at radius 3 is 2.62 bits per heavy atom. The van der Waals surface area contributed by atoms with E-state index in [1.807, 2.05) is 13.8 Å². The Hall–Kier alpha value is -1.85. The first-order valence-electron chi connectivity index (χ1n) is 4.85. The van der Waals surface area contributed by atoms with Gasteiger partial charge in [0.15, 0.2) is 0 Å². The van der Waals surface area contributed by atoms with Crippen molar-refractivity contribution in [2.24, 2.45) is 5.92 Å². The standard InChI is InChI=1S/C10H14N2O4/c1-6(2)8(10(14)15-3)12-9(13)7-4-5-11-16-7/h4-6,8H,1-3H3,(H,12,13). The third-order valence-corrected chi connectivity index (χ3v) is 2.07. The van der Waals surface area contributed by atoms with E-state index in [0.717, 1.165) is 0 Å². The number of carbonyl (C=O) groups excluding carboxylic acids is 2. The smallest absolute Gasteiger partial charge is 0.328 e. The summed E-state index contributed by atoms with van der Waals surface area (Å²) in [7, 11) is 1.28. The molecule has 0 aliphatic carbocycles. The number of esters is 1. The lowest BCUT2D eigenvalue weighted by atomic mass is 10.0. The summed E-state index contributed by atoms with van der Waals surface area (Å²) in [5, 5.41) is 5.93. The maximum absolute atomic E-state index is 11.6. The molecule has 0 spiro atoms. The Morgan fingerprint density at radius 2 is 2.19 bits per heavy atom. The summed E-state index contributed by atoms with van der Waals surface area (Å²) in [6.45, 7) is 3.62. The molecule has 1 aromatic rings. The molecule has 1 N–H and O–H groups in total. The molecule has 6 nitrogen and oxygen atoms in total. The molecule has 88 valence electrons. The van der Waals surface area contributed by atoms with E-state index in [0.29, 0.717) is 0 Å². The lowest BCUT2D eigenvalue weighted by Gasteiger charge is -2.18. The van der Waals surface area contributed by atoms with E-state index in [2.05, 4.69) is 19.7 Å². The molecular formula is C10H14N2O4. The molecule has 0 bridgehead atoms. The van der Waals surface area contributed by atoms with Crippen molar-refractivity contribution in [2.45, 2.75) is 19.9 Å². The van der Waals surface area contributed by atoms with Crippen LogP contribution in [0.25, 0.3) is 0 Å². The van der Waals surface area contributed by atoms with Crippen molar-refractivity contribution in [3.05, 3.63) is 18.0 Å². The highest BCUT2D eigenvalue weighted by atomic mass is 16.5. The van der Waals surface area contributed by atoms with Crippen LogP contribution < -0.4 is 5.32 Å². The molecule has 0 saturated carbocycles. The Morgan fingerprint density at radius 1 is 1.50 bits per heavy atom. The van der Waals surface area contributed by atoms with Crippen LogP contribution in [0, 0.1) is 5.92 Å². The normalized spacial score (nSPS) is 12.2. The quantitative estimate of drug-likeness (QED) is 0.760. The number of hydrogen-bond acceptors (Lipinski definition) is 5. The summed E-state index contributed by atoms with van der Waals surface area (Å²) < 4.78 is 9.27. The predicted octanol–water partition coefficient (Wildman–Crippen LogP) is 0.602. The number of hydrogen-bond donors (Lipinski definition) is 1. The van der Waals surface area contributed by atoms with Crippen molar-refractivity contribution < 1.29 is 18.8 Å². The Kier molecular flexibility index (Phi) is 4.04. The number of rotatable bonds is 4. The van der Waals surface area contributed by atoms with Crippen molar-refractivity contribution in [3.63, 3.8) is 0 Å². The van der Waals surface area contributed by atoms with Crippen molar-refractivity contribution >= 4 is 11.9 Å². The second-order valence-electron chi connectivity index (χ2n) is 3.59. The third kappa shape index (κ3) is 2.82. The van der Waals surface area contributed by atoms with E-state index >= 15 is 0 Å². The van der Waals surface area contributed by atoms with E-state index in [1.165, 1.54) is 19.4 Å². The summed E-state index contributed by atoms with van der Waals surface area (Å²) >= 11 is 0. The van der Waals surface area contributed by atoms with E-state index in [9.17, 15) is 9.59 Å². The van der Waals surface area contributed by atoms with E-state index in [4.69, 9.17) is 0 Å². The summed E-state index contributed by atoms with van der Waals surface area (Å²) in [4.78, 5) is 23.0. The highest BCUT2D eigenvalue weighted by molar-refractivity contribution is 5.94. The van der Waals surface area contributed by atoms with Gasteiger partial charge in [0.25, 0.3) is 5.91 Å². The summed E-state index contributed by atoms with van der Waals surface area (Å²) in [5.41, 5.74) is 0. The van der Waals surface area contributed by atoms with Gasteiger partial charge in [-0.2, -0.15) is 0 Å². The van der Waals surface area contributed by atoms with Crippen molar-refractivity contribution in [1.29, 1.82) is 0 Å². The number of carbonyl (C=O) groups is 2. The molecule has 0 aromatic carbocycles. The Balaban J connectivity index is 2.69. The lowest BCUT2D eigenvalue weighted by molar-refractivity contribution is -0.144. The number of ether oxygens (including phenoxy) is 1. The van der Waals surface area contributed by atoms with Crippen molar-refractivity contribution in [1.82, 2.24) is 10.5 Å². The molecule has 1 unspecified atom stereocenters. The maximum atomic E-state index is 11.6. The molecule has 0 saturated heterocycles. The zero-order valence-corrected chi connectivity index (χ0v) is 9.39. The average molecular weight is 226 g/mol. The van der Waals surface area contributed by atoms with Crippen LogP contribution in [0.4, 0.5) is 0 Å². The third-order valence-electron chi connectivity index (χ3n) is 2.07. The van der Waals surface area contributed by atoms with Gasteiger partial charge in [-0.15, -0.1) is 0 Å². The van der Waals surface area contributed by atoms with Crippen LogP contribution in [-0.2, 0) is 9.53 Å². The molecule has 1 aromatic heterocycles. The summed E-state index contributed by atoms with van der Waals surface area (Å²) in [6, 6.07) is 0.729. The van der Waals surface area contributed by atoms with Gasteiger partial charge in [-0.1, -0.05) is 19.0 Å². The van der Waals surface area contributed by atoms with Gasteiger partial charge in [0.2, 0.25) is 5.76 Å². The van der Waals surface area contributed by atoms with Crippen LogP contribution in [0.15, 0.2) is 16.8 Å². The fourth-order valence-corrected chi connectivity index (χ4v) is 1.17. The zero-order chi connectivity index (χ0) is 12.1. The van der Waals surface area contributed by atoms with Crippen LogP contribution >= 0.6 is 0 Å². The SMILES string of the molecule is COC(=O)C(NC(=O)c1ccno1)C(C)C. The molecule has 0 aliphatic rings. The number of nitrogens with one attached hydrogen (secondary N) is 1. The van der Waals surface area contributed by atoms with Crippen LogP contribution in [0.2, 0.25) is 0 Å². The van der Waals surface area contributed by atoms with Crippen LogP contribution in [0.5, 0.6) is 0 Å². The van der Waals surface area contributed by atoms with Gasteiger partial charge in [-0.25, -0.2) is 4.79 Å². The topological polar surface area (TPSA) is 81.4 Å². The Bertz CT molecular complexity index is 359. The monoisotopic (exact) mass is 226 g/mol. The minimum atomic E-state index is -0.692. The molecule has 1 amide bonds. The molecule has 6 heteroatoms. The summed E-state index contributed by atoms with van der Waals surface area (Å²) in [6.07, 6.45) is 1.36. The van der Waals surface area contributed by atoms with Gasteiger partial charge in [-0.05, 0) is 5.92 Å². The first kappa shape index (κ1) is 12.2. The van der Waals surface area contributed by atoms with Gasteiger partial charge < -0.3 is 14.6 Å². The minimum absolute atomic E-state index is 0.0644. The highest BCUT2D eigenvalue weighted by Gasteiger charge is 2.26. The Labute approximate surface area is 92.9 Å². The van der Waals surface area contributed by atoms with Crippen LogP contribution in [0.1, 0.15) is 24.4 Å². The number of nitrogens with zero attached hydrogens (tertiary/aromatic N) is 1. The first-order valence-corrected chi connectivity index (χ1v) is 4.85. The fourth-order valence-electron chi connectivity index (χ4n) is 1.17. The molecule has 0 radical (unpaired) electrons. The van der Waals surface area contributed by atoms with Crippen LogP contribution in [0.3, 0.4) is 0 Å². The zero-order valence-electron chi connectivity index (χ0n) is 9.39. The molecule has 16 heavy (non-hydrogen) atoms. The fraction of sp³-hybridized carbons (Fsp3) is 0.500. The molecule has 0 aliphatic heterocycles. The first-order chi connectivity index (χ1) is 7.56. The molecule has 1 atom stereocenters. The van der Waals surface area contributed by atoms with Gasteiger partial charge in [0.1, 0.15) is 6.04 Å². The van der Waals surface area contributed by atoms with Gasteiger partial charge >= 0.3 is 5.97 Å². The average Bonchev–Trinajstić information content (AvgIpc) is 2.77. The molecule has 1 rings (SSSR count). The van der Waals surface area contributed by atoms with Crippen molar-refractivity contribution in [3.8, 4) is 0 Å². The molecular weight excluding hydrogens is 212 g/mol. The van der Waals surface area contributed by atoms with Gasteiger partial charge in [0, 0.05) is 6.07 Å². The van der Waals surface area contributed by atoms with Gasteiger partial charge in [0.05, 0.1) is 13.3 Å². The number of methoxy groups -OCH3 is 1. The number of aromatic nitrogens is 1. The van der Waals surface area contributed by atoms with E-state index in [-0.39, 0.29) is 11.7 Å². The molecule has 1 heterocycles. The van der Waals surface area contributed by atoms with E-state index < -0.39 is 17.9 Å². The number of amides is 1. The maximum Gasteiger partial charge on any atom is 0.328 e. The second kappa shape index (κ2) is 5.29. The largest absolute Gasteiger partial charge is 0.467 e. The highest BCUT2D eigenvalue weighted by Crippen LogP contribution is 2.05. The van der Waals surface area contributed by atoms with E-state index in [1.54, 1.807) is 0 Å². The minimum Gasteiger partial charge on any atom is -0.467 e. The molecule has 0 fully saturated rings.